The molecule has 3 rings (SSSR count). The van der Waals surface area contributed by atoms with Crippen LogP contribution in [0.4, 0.5) is 5.82 Å². The monoisotopic (exact) mass is 241 g/mol. The van der Waals surface area contributed by atoms with Crippen molar-refractivity contribution in [1.29, 1.82) is 0 Å². The normalized spacial score (nSPS) is 14.3. The molecule has 18 heavy (non-hydrogen) atoms. The third-order valence-electron chi connectivity index (χ3n) is 3.24. The highest BCUT2D eigenvalue weighted by Crippen LogP contribution is 2.25. The fourth-order valence-corrected chi connectivity index (χ4v) is 2.20. The highest BCUT2D eigenvalue weighted by Gasteiger charge is 2.17. The van der Waals surface area contributed by atoms with Gasteiger partial charge in [-0.15, -0.1) is 0 Å². The first-order chi connectivity index (χ1) is 8.75. The molecule has 0 radical (unpaired) electrons. The Labute approximate surface area is 106 Å². The largest absolute Gasteiger partial charge is 0.383 e. The van der Waals surface area contributed by atoms with E-state index in [-0.39, 0.29) is 0 Å². The molecule has 0 fully saturated rings. The number of hydrogen-bond acceptors (Lipinski definition) is 4. The second-order valence-corrected chi connectivity index (χ2v) is 4.48. The minimum Gasteiger partial charge on any atom is -0.383 e. The first-order valence-corrected chi connectivity index (χ1v) is 6.04. The van der Waals surface area contributed by atoms with Crippen molar-refractivity contribution in [3.8, 4) is 11.4 Å². The number of ether oxygens (including phenoxy) is 1. The van der Waals surface area contributed by atoms with E-state index in [9.17, 15) is 0 Å². The number of aromatic nitrogens is 2. The fourth-order valence-electron chi connectivity index (χ4n) is 2.20. The molecule has 1 aliphatic heterocycles. The van der Waals surface area contributed by atoms with Gasteiger partial charge in [0.25, 0.3) is 0 Å². The topological polar surface area (TPSA) is 61.0 Å². The maximum Gasteiger partial charge on any atom is 0.162 e. The summed E-state index contributed by atoms with van der Waals surface area (Å²) in [6.45, 7) is 3.28. The number of hydrogen-bond donors (Lipinski definition) is 1. The van der Waals surface area contributed by atoms with Crippen molar-refractivity contribution in [2.45, 2.75) is 20.0 Å². The highest BCUT2D eigenvalue weighted by atomic mass is 16.5. The lowest BCUT2D eigenvalue weighted by molar-refractivity contribution is 0.109. The molecule has 0 bridgehead atoms. The lowest BCUT2D eigenvalue weighted by Crippen LogP contribution is -2.16. The number of rotatable bonds is 1. The molecule has 92 valence electrons. The van der Waals surface area contributed by atoms with Gasteiger partial charge < -0.3 is 10.5 Å². The molecule has 2 N–H and O–H groups in total. The zero-order valence-corrected chi connectivity index (χ0v) is 10.3. The third kappa shape index (κ3) is 1.84. The molecule has 0 aliphatic carbocycles. The molecule has 4 heteroatoms. The predicted octanol–water partition coefficient (Wildman–Crippen LogP) is 2.11. The zero-order chi connectivity index (χ0) is 12.5. The Morgan fingerprint density at radius 2 is 2.06 bits per heavy atom. The number of nitrogens with zero attached hydrogens (tertiary/aromatic N) is 2. The summed E-state index contributed by atoms with van der Waals surface area (Å²) in [5, 5.41) is 0. The summed E-state index contributed by atoms with van der Waals surface area (Å²) in [6, 6.07) is 8.08. The van der Waals surface area contributed by atoms with E-state index in [1.165, 1.54) is 0 Å². The van der Waals surface area contributed by atoms with Gasteiger partial charge in [0.15, 0.2) is 5.82 Å². The summed E-state index contributed by atoms with van der Waals surface area (Å²) in [4.78, 5) is 9.04. The van der Waals surface area contributed by atoms with Gasteiger partial charge in [0.05, 0.1) is 18.9 Å². The molecule has 2 heterocycles. The maximum absolute atomic E-state index is 6.00. The number of benzene rings is 1. The van der Waals surface area contributed by atoms with Gasteiger partial charge in [-0.3, -0.25) is 0 Å². The van der Waals surface area contributed by atoms with Gasteiger partial charge in [0, 0.05) is 17.5 Å². The van der Waals surface area contributed by atoms with E-state index in [1.807, 2.05) is 18.2 Å². The molecule has 0 unspecified atom stereocenters. The van der Waals surface area contributed by atoms with Crippen molar-refractivity contribution >= 4 is 5.82 Å². The summed E-state index contributed by atoms with van der Waals surface area (Å²) >= 11 is 0. The predicted molar refractivity (Wildman–Crippen MR) is 70.0 cm³/mol. The number of anilines is 1. The molecule has 0 saturated carbocycles. The first kappa shape index (κ1) is 11.2. The van der Waals surface area contributed by atoms with Gasteiger partial charge in [-0.05, 0) is 12.5 Å². The number of nitrogens with two attached hydrogens (primary N) is 1. The number of fused-ring (bicyclic) bond motifs is 1. The Kier molecular flexibility index (Phi) is 2.72. The highest BCUT2D eigenvalue weighted by molar-refractivity contribution is 5.62. The van der Waals surface area contributed by atoms with E-state index < -0.39 is 0 Å². The molecule has 0 saturated heterocycles. The summed E-state index contributed by atoms with van der Waals surface area (Å²) in [5.74, 6) is 1.25. The Bertz CT molecular complexity index is 596. The SMILES string of the molecule is Cc1ccccc1-c1nc(N)c2c(n1)CCOC2. The van der Waals surface area contributed by atoms with Gasteiger partial charge >= 0.3 is 0 Å². The minimum absolute atomic E-state index is 0.523. The van der Waals surface area contributed by atoms with Crippen LogP contribution in [0.15, 0.2) is 24.3 Å². The summed E-state index contributed by atoms with van der Waals surface area (Å²) < 4.78 is 5.39. The van der Waals surface area contributed by atoms with Crippen molar-refractivity contribution in [2.75, 3.05) is 12.3 Å². The molecule has 0 spiro atoms. The van der Waals surface area contributed by atoms with Gasteiger partial charge in [-0.2, -0.15) is 0 Å². The van der Waals surface area contributed by atoms with Gasteiger partial charge in [0.1, 0.15) is 5.82 Å². The first-order valence-electron chi connectivity index (χ1n) is 6.04. The molecule has 2 aromatic rings. The smallest absolute Gasteiger partial charge is 0.162 e. The van der Waals surface area contributed by atoms with Crippen LogP contribution < -0.4 is 5.73 Å². The quantitative estimate of drug-likeness (QED) is 0.830. The van der Waals surface area contributed by atoms with Crippen molar-refractivity contribution in [1.82, 2.24) is 9.97 Å². The van der Waals surface area contributed by atoms with E-state index in [0.29, 0.717) is 24.9 Å². The van der Waals surface area contributed by atoms with Gasteiger partial charge in [-0.25, -0.2) is 9.97 Å². The molecule has 1 aromatic heterocycles. The van der Waals surface area contributed by atoms with Crippen molar-refractivity contribution in [2.24, 2.45) is 0 Å². The minimum atomic E-state index is 0.523. The van der Waals surface area contributed by atoms with Crippen molar-refractivity contribution in [3.05, 3.63) is 41.1 Å². The fraction of sp³-hybridized carbons (Fsp3) is 0.286. The molecular weight excluding hydrogens is 226 g/mol. The zero-order valence-electron chi connectivity index (χ0n) is 10.3. The average molecular weight is 241 g/mol. The van der Waals surface area contributed by atoms with E-state index in [1.54, 1.807) is 0 Å². The van der Waals surface area contributed by atoms with E-state index >= 15 is 0 Å². The van der Waals surface area contributed by atoms with Crippen LogP contribution in [0.5, 0.6) is 0 Å². The standard InChI is InChI=1S/C14H15N3O/c1-9-4-2-3-5-10(9)14-16-12-6-7-18-8-11(12)13(15)17-14/h2-5H,6-8H2,1H3,(H2,15,16,17). The van der Waals surface area contributed by atoms with Crippen molar-refractivity contribution < 1.29 is 4.74 Å². The van der Waals surface area contributed by atoms with E-state index in [0.717, 1.165) is 28.8 Å². The molecule has 0 amide bonds. The van der Waals surface area contributed by atoms with Crippen LogP contribution >= 0.6 is 0 Å². The van der Waals surface area contributed by atoms with E-state index in [4.69, 9.17) is 10.5 Å². The summed E-state index contributed by atoms with van der Waals surface area (Å²) in [5.41, 5.74) is 10.2. The molecule has 1 aliphatic rings. The third-order valence-corrected chi connectivity index (χ3v) is 3.24. The second-order valence-electron chi connectivity index (χ2n) is 4.48. The summed E-state index contributed by atoms with van der Waals surface area (Å²) in [6.07, 6.45) is 0.806. The Balaban J connectivity index is 2.14. The van der Waals surface area contributed by atoms with Crippen LogP contribution in [-0.2, 0) is 17.8 Å². The van der Waals surface area contributed by atoms with Crippen LogP contribution in [0.1, 0.15) is 16.8 Å². The van der Waals surface area contributed by atoms with Crippen molar-refractivity contribution in [3.63, 3.8) is 0 Å². The maximum atomic E-state index is 6.00. The van der Waals surface area contributed by atoms with Crippen LogP contribution in [0.25, 0.3) is 11.4 Å². The Morgan fingerprint density at radius 3 is 2.89 bits per heavy atom. The summed E-state index contributed by atoms with van der Waals surface area (Å²) in [7, 11) is 0. The second kappa shape index (κ2) is 4.38. The van der Waals surface area contributed by atoms with Crippen LogP contribution in [0, 0.1) is 6.92 Å². The van der Waals surface area contributed by atoms with Gasteiger partial charge in [0.2, 0.25) is 0 Å². The molecule has 1 aromatic carbocycles. The lowest BCUT2D eigenvalue weighted by Gasteiger charge is -2.18. The average Bonchev–Trinajstić information content (AvgIpc) is 2.39. The van der Waals surface area contributed by atoms with Crippen LogP contribution in [0.3, 0.4) is 0 Å². The number of aryl methyl sites for hydroxylation is 1. The van der Waals surface area contributed by atoms with Crippen LogP contribution in [0.2, 0.25) is 0 Å². The molecular formula is C14H15N3O. The lowest BCUT2D eigenvalue weighted by atomic mass is 10.1. The Hall–Kier alpha value is -1.94. The van der Waals surface area contributed by atoms with Gasteiger partial charge in [-0.1, -0.05) is 24.3 Å². The number of nitrogen functional groups attached to an aromatic ring is 1. The van der Waals surface area contributed by atoms with E-state index in [2.05, 4.69) is 23.0 Å². The molecule has 4 nitrogen and oxygen atoms in total. The van der Waals surface area contributed by atoms with Crippen LogP contribution in [-0.4, -0.2) is 16.6 Å². The Morgan fingerprint density at radius 1 is 1.22 bits per heavy atom. The molecule has 0 atom stereocenters.